The van der Waals surface area contributed by atoms with Crippen molar-refractivity contribution in [1.29, 1.82) is 0 Å². The Bertz CT molecular complexity index is 1140. The van der Waals surface area contributed by atoms with Gasteiger partial charge in [0.25, 0.3) is 5.56 Å². The molecule has 0 aliphatic rings. The highest BCUT2D eigenvalue weighted by Gasteiger charge is 2.18. The zero-order valence-electron chi connectivity index (χ0n) is 14.6. The van der Waals surface area contributed by atoms with Crippen LogP contribution in [-0.2, 0) is 0 Å². The third kappa shape index (κ3) is 3.29. The van der Waals surface area contributed by atoms with Gasteiger partial charge in [0.05, 0.1) is 28.8 Å². The molecule has 0 aliphatic carbocycles. The predicted molar refractivity (Wildman–Crippen MR) is 104 cm³/mol. The Morgan fingerprint density at radius 3 is 2.63 bits per heavy atom. The van der Waals surface area contributed by atoms with Gasteiger partial charge in [0, 0.05) is 6.20 Å². The third-order valence-corrected chi connectivity index (χ3v) is 4.45. The maximum Gasteiger partial charge on any atom is 0.263 e. The number of anilines is 2. The summed E-state index contributed by atoms with van der Waals surface area (Å²) in [7, 11) is 0. The van der Waals surface area contributed by atoms with Crippen molar-refractivity contribution < 1.29 is 4.39 Å². The average molecular weight is 360 g/mol. The fraction of sp³-hybridized carbons (Fsp3) is 0.0952. The van der Waals surface area contributed by atoms with Crippen LogP contribution in [0.1, 0.15) is 18.5 Å². The monoisotopic (exact) mass is 360 g/mol. The zero-order valence-corrected chi connectivity index (χ0v) is 14.6. The van der Waals surface area contributed by atoms with Gasteiger partial charge in [-0.3, -0.25) is 14.3 Å². The summed E-state index contributed by atoms with van der Waals surface area (Å²) in [5.41, 5.74) is 1.79. The molecule has 2 aromatic carbocycles. The fourth-order valence-electron chi connectivity index (χ4n) is 3.06. The summed E-state index contributed by atoms with van der Waals surface area (Å²) in [5, 5.41) is 3.41. The summed E-state index contributed by atoms with van der Waals surface area (Å²) in [6.45, 7) is 1.91. The lowest BCUT2D eigenvalue weighted by Crippen LogP contribution is -2.27. The van der Waals surface area contributed by atoms with E-state index in [9.17, 15) is 9.18 Å². The SMILES string of the molecule is C[C@@H](c1ccccc1)n1c(Nc2cccnc2)nc2ccc(F)cc2c1=O. The molecule has 0 radical (unpaired) electrons. The van der Waals surface area contributed by atoms with Crippen LogP contribution in [0.2, 0.25) is 0 Å². The van der Waals surface area contributed by atoms with Gasteiger partial charge >= 0.3 is 0 Å². The average Bonchev–Trinajstić information content (AvgIpc) is 2.70. The van der Waals surface area contributed by atoms with Gasteiger partial charge in [0.1, 0.15) is 5.82 Å². The quantitative estimate of drug-likeness (QED) is 0.590. The lowest BCUT2D eigenvalue weighted by Gasteiger charge is -2.21. The molecule has 134 valence electrons. The van der Waals surface area contributed by atoms with Gasteiger partial charge in [-0.25, -0.2) is 9.37 Å². The first-order valence-electron chi connectivity index (χ1n) is 8.57. The van der Waals surface area contributed by atoms with Crippen LogP contribution in [0.25, 0.3) is 10.9 Å². The summed E-state index contributed by atoms with van der Waals surface area (Å²) in [6.07, 6.45) is 3.32. The van der Waals surface area contributed by atoms with Gasteiger partial charge < -0.3 is 5.32 Å². The van der Waals surface area contributed by atoms with Gasteiger partial charge in [-0.15, -0.1) is 0 Å². The van der Waals surface area contributed by atoms with E-state index in [1.54, 1.807) is 23.0 Å². The molecule has 0 bridgehead atoms. The van der Waals surface area contributed by atoms with E-state index in [0.717, 1.165) is 5.56 Å². The van der Waals surface area contributed by atoms with Gasteiger partial charge in [-0.1, -0.05) is 30.3 Å². The summed E-state index contributed by atoms with van der Waals surface area (Å²) >= 11 is 0. The predicted octanol–water partition coefficient (Wildman–Crippen LogP) is 4.28. The van der Waals surface area contributed by atoms with Gasteiger partial charge in [-0.2, -0.15) is 0 Å². The lowest BCUT2D eigenvalue weighted by atomic mass is 10.1. The molecule has 0 fully saturated rings. The Kier molecular flexibility index (Phi) is 4.38. The van der Waals surface area contributed by atoms with E-state index >= 15 is 0 Å². The number of halogens is 1. The molecule has 27 heavy (non-hydrogen) atoms. The Labute approximate surface area is 155 Å². The topological polar surface area (TPSA) is 59.8 Å². The van der Waals surface area contributed by atoms with E-state index in [0.29, 0.717) is 17.2 Å². The van der Waals surface area contributed by atoms with Crippen LogP contribution < -0.4 is 10.9 Å². The molecule has 2 aromatic heterocycles. The standard InChI is InChI=1S/C21H17FN4O/c1-14(15-6-3-2-4-7-15)26-20(27)18-12-16(22)9-10-19(18)25-21(26)24-17-8-5-11-23-13-17/h2-14H,1H3,(H,24,25)/t14-/m0/s1. The molecule has 0 saturated heterocycles. The van der Waals surface area contributed by atoms with E-state index in [4.69, 9.17) is 0 Å². The molecule has 0 unspecified atom stereocenters. The van der Waals surface area contributed by atoms with Crippen molar-refractivity contribution in [3.05, 3.63) is 94.8 Å². The molecule has 1 N–H and O–H groups in total. The molecule has 5 nitrogen and oxygen atoms in total. The first-order valence-corrected chi connectivity index (χ1v) is 8.57. The second-order valence-corrected chi connectivity index (χ2v) is 6.23. The second kappa shape index (κ2) is 6.99. The molecule has 1 atom stereocenters. The molecule has 0 amide bonds. The van der Waals surface area contributed by atoms with Crippen LogP contribution in [0.15, 0.2) is 77.9 Å². The highest BCUT2D eigenvalue weighted by atomic mass is 19.1. The van der Waals surface area contributed by atoms with E-state index in [1.807, 2.05) is 43.3 Å². The normalized spacial score (nSPS) is 12.1. The van der Waals surface area contributed by atoms with E-state index < -0.39 is 5.82 Å². The second-order valence-electron chi connectivity index (χ2n) is 6.23. The van der Waals surface area contributed by atoms with Crippen LogP contribution >= 0.6 is 0 Å². The van der Waals surface area contributed by atoms with Crippen LogP contribution in [0.4, 0.5) is 16.0 Å². The molecular formula is C21H17FN4O. The molecule has 0 saturated carbocycles. The van der Waals surface area contributed by atoms with Crippen LogP contribution in [0.3, 0.4) is 0 Å². The number of aromatic nitrogens is 3. The Balaban J connectivity index is 1.94. The van der Waals surface area contributed by atoms with Gasteiger partial charge in [-0.05, 0) is 42.8 Å². The van der Waals surface area contributed by atoms with Crippen molar-refractivity contribution in [3.8, 4) is 0 Å². The number of hydrogen-bond acceptors (Lipinski definition) is 4. The minimum Gasteiger partial charge on any atom is -0.324 e. The van der Waals surface area contributed by atoms with Crippen LogP contribution in [0.5, 0.6) is 0 Å². The van der Waals surface area contributed by atoms with Gasteiger partial charge in [0.15, 0.2) is 0 Å². The van der Waals surface area contributed by atoms with Crippen molar-refractivity contribution >= 4 is 22.5 Å². The maximum absolute atomic E-state index is 13.7. The summed E-state index contributed by atoms with van der Waals surface area (Å²) in [4.78, 5) is 21.9. The minimum absolute atomic E-state index is 0.245. The number of hydrogen-bond donors (Lipinski definition) is 1. The largest absolute Gasteiger partial charge is 0.324 e. The minimum atomic E-state index is -0.465. The van der Waals surface area contributed by atoms with Crippen molar-refractivity contribution in [2.24, 2.45) is 0 Å². The number of nitrogens with one attached hydrogen (secondary N) is 1. The van der Waals surface area contributed by atoms with E-state index in [-0.39, 0.29) is 17.0 Å². The molecule has 0 spiro atoms. The number of pyridine rings is 1. The zero-order chi connectivity index (χ0) is 18.8. The van der Waals surface area contributed by atoms with Crippen LogP contribution in [-0.4, -0.2) is 14.5 Å². The third-order valence-electron chi connectivity index (χ3n) is 4.45. The summed E-state index contributed by atoms with van der Waals surface area (Å²) < 4.78 is 15.3. The number of rotatable bonds is 4. The molecule has 6 heteroatoms. The molecule has 4 rings (SSSR count). The maximum atomic E-state index is 13.7. The molecule has 0 aliphatic heterocycles. The Morgan fingerprint density at radius 2 is 1.89 bits per heavy atom. The summed E-state index contributed by atoms with van der Waals surface area (Å²) in [5.74, 6) is -0.0863. The molecular weight excluding hydrogens is 343 g/mol. The molecule has 2 heterocycles. The van der Waals surface area contributed by atoms with Gasteiger partial charge in [0.2, 0.25) is 5.95 Å². The number of benzene rings is 2. The number of fused-ring (bicyclic) bond motifs is 1. The Morgan fingerprint density at radius 1 is 1.07 bits per heavy atom. The highest BCUT2D eigenvalue weighted by Crippen LogP contribution is 2.23. The Hall–Kier alpha value is -3.54. The van der Waals surface area contributed by atoms with Crippen molar-refractivity contribution in [2.45, 2.75) is 13.0 Å². The summed E-state index contributed by atoms with van der Waals surface area (Å²) in [6, 6.07) is 17.0. The highest BCUT2D eigenvalue weighted by molar-refractivity contribution is 5.79. The lowest BCUT2D eigenvalue weighted by molar-refractivity contribution is 0.614. The van der Waals surface area contributed by atoms with E-state index in [2.05, 4.69) is 15.3 Å². The van der Waals surface area contributed by atoms with Crippen molar-refractivity contribution in [3.63, 3.8) is 0 Å². The van der Waals surface area contributed by atoms with Crippen molar-refractivity contribution in [2.75, 3.05) is 5.32 Å². The molecule has 4 aromatic rings. The first-order chi connectivity index (χ1) is 13.1. The van der Waals surface area contributed by atoms with E-state index in [1.165, 1.54) is 18.2 Å². The first kappa shape index (κ1) is 16.9. The smallest absolute Gasteiger partial charge is 0.263 e. The van der Waals surface area contributed by atoms with Crippen LogP contribution in [0, 0.1) is 5.82 Å². The number of nitrogens with zero attached hydrogens (tertiary/aromatic N) is 3. The fourth-order valence-corrected chi connectivity index (χ4v) is 3.06. The van der Waals surface area contributed by atoms with Crippen molar-refractivity contribution in [1.82, 2.24) is 14.5 Å².